The molecule has 0 atom stereocenters. The van der Waals surface area contributed by atoms with Crippen LogP contribution in [-0.4, -0.2) is 17.8 Å². The fourth-order valence-electron chi connectivity index (χ4n) is 1.98. The number of furan rings is 1. The van der Waals surface area contributed by atoms with Crippen LogP contribution in [0.1, 0.15) is 5.76 Å². The largest absolute Gasteiger partial charge is 0.457 e. The molecule has 1 aromatic carbocycles. The van der Waals surface area contributed by atoms with Crippen molar-refractivity contribution < 1.29 is 23.2 Å². The maximum atomic E-state index is 13.2. The van der Waals surface area contributed by atoms with Crippen LogP contribution in [0.5, 0.6) is 0 Å². The summed E-state index contributed by atoms with van der Waals surface area (Å²) in [7, 11) is 0. The molecule has 0 saturated carbocycles. The molecular weight excluding hydrogens is 327 g/mol. The molecule has 3 rings (SSSR count). The Labute approximate surface area is 133 Å². The summed E-state index contributed by atoms with van der Waals surface area (Å²) in [6.07, 6.45) is 1.20. The second-order valence-electron chi connectivity index (χ2n) is 4.63. The van der Waals surface area contributed by atoms with Gasteiger partial charge in [0.15, 0.2) is 0 Å². The van der Waals surface area contributed by atoms with Gasteiger partial charge in [-0.2, -0.15) is 0 Å². The van der Waals surface area contributed by atoms with Gasteiger partial charge in [0, 0.05) is 5.56 Å². The number of amides is 4. The lowest BCUT2D eigenvalue weighted by molar-refractivity contribution is -0.123. The number of barbiturate groups is 1. The van der Waals surface area contributed by atoms with Crippen LogP contribution >= 0.6 is 11.6 Å². The summed E-state index contributed by atoms with van der Waals surface area (Å²) in [5, 5.41) is 3.85. The molecule has 1 aliphatic rings. The van der Waals surface area contributed by atoms with Crippen LogP contribution in [0.25, 0.3) is 17.4 Å². The lowest BCUT2D eigenvalue weighted by atomic mass is 10.1. The summed E-state index contributed by atoms with van der Waals surface area (Å²) in [6, 6.07) is 6.31. The van der Waals surface area contributed by atoms with Gasteiger partial charge in [-0.3, -0.25) is 20.2 Å². The number of carbonyl (C=O) groups excluding carboxylic acids is 3. The van der Waals surface area contributed by atoms with Gasteiger partial charge in [0.05, 0.1) is 5.02 Å². The molecule has 0 spiro atoms. The van der Waals surface area contributed by atoms with E-state index in [9.17, 15) is 18.8 Å². The second-order valence-corrected chi connectivity index (χ2v) is 5.03. The predicted molar refractivity (Wildman–Crippen MR) is 78.8 cm³/mol. The van der Waals surface area contributed by atoms with Crippen LogP contribution in [0.3, 0.4) is 0 Å². The third-order valence-corrected chi connectivity index (χ3v) is 3.35. The van der Waals surface area contributed by atoms with Gasteiger partial charge in [0.1, 0.15) is 22.9 Å². The fourth-order valence-corrected chi connectivity index (χ4v) is 2.16. The molecule has 0 unspecified atom stereocenters. The Morgan fingerprint density at radius 2 is 1.74 bits per heavy atom. The second kappa shape index (κ2) is 5.69. The molecule has 2 N–H and O–H groups in total. The molecule has 1 fully saturated rings. The molecular formula is C15H8ClFN2O4. The first kappa shape index (κ1) is 15.0. The first-order chi connectivity index (χ1) is 10.9. The molecule has 2 aromatic rings. The minimum atomic E-state index is -0.877. The summed E-state index contributed by atoms with van der Waals surface area (Å²) < 4.78 is 18.6. The monoisotopic (exact) mass is 334 g/mol. The number of nitrogens with one attached hydrogen (secondary N) is 2. The number of carbonyl (C=O) groups is 3. The molecule has 8 heteroatoms. The summed E-state index contributed by atoms with van der Waals surface area (Å²) in [5.74, 6) is -1.59. The van der Waals surface area contributed by atoms with Crippen LogP contribution in [0.15, 0.2) is 40.3 Å². The first-order valence-electron chi connectivity index (χ1n) is 6.37. The standard InChI is InChI=1S/C15H8ClFN2O4/c16-10-5-7(1-3-11(10)17)12-4-2-8(23-12)6-9-13(20)18-15(22)19-14(9)21/h1-6H,(H2,18,19,20,21,22). The number of imide groups is 2. The number of hydrogen-bond donors (Lipinski definition) is 2. The van der Waals surface area contributed by atoms with Gasteiger partial charge in [0.25, 0.3) is 11.8 Å². The van der Waals surface area contributed by atoms with E-state index in [-0.39, 0.29) is 16.4 Å². The Balaban J connectivity index is 1.91. The number of halogens is 2. The van der Waals surface area contributed by atoms with Crippen LogP contribution < -0.4 is 10.6 Å². The van der Waals surface area contributed by atoms with E-state index in [1.165, 1.54) is 30.3 Å². The Morgan fingerprint density at radius 1 is 1.04 bits per heavy atom. The maximum absolute atomic E-state index is 13.2. The molecule has 0 aliphatic carbocycles. The zero-order valence-corrected chi connectivity index (χ0v) is 12.1. The summed E-state index contributed by atoms with van der Waals surface area (Å²) in [5.41, 5.74) is 0.274. The van der Waals surface area contributed by atoms with Crippen molar-refractivity contribution in [3.05, 3.63) is 52.5 Å². The molecule has 4 amide bonds. The van der Waals surface area contributed by atoms with Crippen LogP contribution in [0.2, 0.25) is 5.02 Å². The van der Waals surface area contributed by atoms with Gasteiger partial charge < -0.3 is 4.42 Å². The molecule has 1 saturated heterocycles. The quantitative estimate of drug-likeness (QED) is 0.652. The van der Waals surface area contributed by atoms with Gasteiger partial charge in [-0.15, -0.1) is 0 Å². The van der Waals surface area contributed by atoms with Crippen LogP contribution in [0, 0.1) is 5.82 Å². The van der Waals surface area contributed by atoms with E-state index in [1.807, 2.05) is 10.6 Å². The van der Waals surface area contributed by atoms with E-state index < -0.39 is 23.7 Å². The minimum absolute atomic E-state index is 0.0525. The maximum Gasteiger partial charge on any atom is 0.328 e. The van der Waals surface area contributed by atoms with E-state index in [4.69, 9.17) is 16.0 Å². The van der Waals surface area contributed by atoms with Crippen molar-refractivity contribution in [3.63, 3.8) is 0 Å². The third kappa shape index (κ3) is 3.00. The van der Waals surface area contributed by atoms with E-state index in [1.54, 1.807) is 6.07 Å². The highest BCUT2D eigenvalue weighted by Crippen LogP contribution is 2.27. The molecule has 23 heavy (non-hydrogen) atoms. The molecule has 2 heterocycles. The van der Waals surface area contributed by atoms with Crippen molar-refractivity contribution in [2.75, 3.05) is 0 Å². The van der Waals surface area contributed by atoms with Crippen molar-refractivity contribution in [2.45, 2.75) is 0 Å². The molecule has 0 bridgehead atoms. The van der Waals surface area contributed by atoms with Crippen molar-refractivity contribution in [2.24, 2.45) is 0 Å². The van der Waals surface area contributed by atoms with E-state index in [0.717, 1.165) is 0 Å². The van der Waals surface area contributed by atoms with Crippen molar-refractivity contribution in [3.8, 4) is 11.3 Å². The van der Waals surface area contributed by atoms with Gasteiger partial charge in [-0.1, -0.05) is 11.6 Å². The molecule has 1 aliphatic heterocycles. The van der Waals surface area contributed by atoms with Gasteiger partial charge in [0.2, 0.25) is 0 Å². The lowest BCUT2D eigenvalue weighted by Gasteiger charge is -2.13. The number of benzene rings is 1. The lowest BCUT2D eigenvalue weighted by Crippen LogP contribution is -2.51. The SMILES string of the molecule is O=C1NC(=O)C(=Cc2ccc(-c3ccc(F)c(Cl)c3)o2)C(=O)N1. The topological polar surface area (TPSA) is 88.4 Å². The van der Waals surface area contributed by atoms with E-state index in [2.05, 4.69) is 0 Å². The average molecular weight is 335 g/mol. The number of hydrogen-bond acceptors (Lipinski definition) is 4. The van der Waals surface area contributed by atoms with E-state index in [0.29, 0.717) is 11.3 Å². The Kier molecular flexibility index (Phi) is 3.71. The molecule has 1 aromatic heterocycles. The molecule has 116 valence electrons. The zero-order chi connectivity index (χ0) is 16.6. The number of urea groups is 1. The summed E-state index contributed by atoms with van der Waals surface area (Å²) in [6.45, 7) is 0. The normalized spacial score (nSPS) is 14.5. The van der Waals surface area contributed by atoms with Crippen LogP contribution in [0.4, 0.5) is 9.18 Å². The fraction of sp³-hybridized carbons (Fsp3) is 0. The first-order valence-corrected chi connectivity index (χ1v) is 6.75. The summed E-state index contributed by atoms with van der Waals surface area (Å²) in [4.78, 5) is 34.2. The van der Waals surface area contributed by atoms with Crippen LogP contribution in [-0.2, 0) is 9.59 Å². The minimum Gasteiger partial charge on any atom is -0.457 e. The molecule has 0 radical (unpaired) electrons. The molecule has 6 nitrogen and oxygen atoms in total. The Hall–Kier alpha value is -2.93. The summed E-state index contributed by atoms with van der Waals surface area (Å²) >= 11 is 5.71. The Morgan fingerprint density at radius 3 is 2.39 bits per heavy atom. The highest BCUT2D eigenvalue weighted by molar-refractivity contribution is 6.31. The average Bonchev–Trinajstić information content (AvgIpc) is 2.94. The van der Waals surface area contributed by atoms with E-state index >= 15 is 0 Å². The van der Waals surface area contributed by atoms with Gasteiger partial charge >= 0.3 is 6.03 Å². The third-order valence-electron chi connectivity index (χ3n) is 3.06. The van der Waals surface area contributed by atoms with Crippen molar-refractivity contribution in [1.29, 1.82) is 0 Å². The number of rotatable bonds is 2. The van der Waals surface area contributed by atoms with Gasteiger partial charge in [-0.25, -0.2) is 9.18 Å². The highest BCUT2D eigenvalue weighted by Gasteiger charge is 2.28. The Bertz CT molecular complexity index is 850. The van der Waals surface area contributed by atoms with Crippen molar-refractivity contribution >= 4 is 35.5 Å². The zero-order valence-electron chi connectivity index (χ0n) is 11.4. The van der Waals surface area contributed by atoms with Gasteiger partial charge in [-0.05, 0) is 36.4 Å². The highest BCUT2D eigenvalue weighted by atomic mass is 35.5. The smallest absolute Gasteiger partial charge is 0.328 e. The van der Waals surface area contributed by atoms with Crippen molar-refractivity contribution in [1.82, 2.24) is 10.6 Å². The predicted octanol–water partition coefficient (Wildman–Crippen LogP) is 2.49.